The molecule has 1 aromatic heterocycles. The van der Waals surface area contributed by atoms with Gasteiger partial charge in [0.1, 0.15) is 11.4 Å². The Morgan fingerprint density at radius 1 is 1.03 bits per heavy atom. The van der Waals surface area contributed by atoms with E-state index >= 15 is 0 Å². The van der Waals surface area contributed by atoms with E-state index in [2.05, 4.69) is 10.1 Å². The number of carbonyl (C=O) groups is 1. The minimum atomic E-state index is -4.78. The molecule has 0 fully saturated rings. The Morgan fingerprint density at radius 3 is 2.62 bits per heavy atom. The van der Waals surface area contributed by atoms with Gasteiger partial charge in [-0.2, -0.15) is 0 Å². The summed E-state index contributed by atoms with van der Waals surface area (Å²) >= 11 is 1.37. The molecule has 194 valence electrons. The van der Waals surface area contributed by atoms with E-state index < -0.39 is 6.36 Å². The van der Waals surface area contributed by atoms with Crippen LogP contribution in [0.5, 0.6) is 5.75 Å². The molecule has 0 aliphatic heterocycles. The number of benzene rings is 3. The highest BCUT2D eigenvalue weighted by atomic mass is 32.1. The van der Waals surface area contributed by atoms with E-state index in [0.717, 1.165) is 35.7 Å². The van der Waals surface area contributed by atoms with E-state index in [1.54, 1.807) is 11.4 Å². The van der Waals surface area contributed by atoms with Crippen LogP contribution < -0.4 is 20.6 Å². The smallest absolute Gasteiger partial charge is 0.406 e. The second-order valence-electron chi connectivity index (χ2n) is 8.39. The van der Waals surface area contributed by atoms with Gasteiger partial charge in [-0.05, 0) is 48.5 Å². The van der Waals surface area contributed by atoms with Crippen molar-refractivity contribution in [3.63, 3.8) is 0 Å². The SMILES string of the molecule is NCCCCCn1c(C(=O)NCc2cccc(OC(F)(F)F)c2)csc1=Nc1cccc2ccccc12. The van der Waals surface area contributed by atoms with Gasteiger partial charge < -0.3 is 20.4 Å². The molecule has 4 aromatic rings. The van der Waals surface area contributed by atoms with Crippen molar-refractivity contribution in [3.8, 4) is 5.75 Å². The van der Waals surface area contributed by atoms with Crippen LogP contribution in [0, 0.1) is 0 Å². The Balaban J connectivity index is 1.59. The summed E-state index contributed by atoms with van der Waals surface area (Å²) in [5.41, 5.74) is 7.37. The summed E-state index contributed by atoms with van der Waals surface area (Å²) in [6.45, 7) is 1.24. The maximum absolute atomic E-state index is 13.1. The molecular formula is C27H27F3N4O2S. The molecule has 6 nitrogen and oxygen atoms in total. The molecule has 4 rings (SSSR count). The molecule has 0 saturated heterocycles. The number of nitrogens with two attached hydrogens (primary N) is 1. The number of amides is 1. The molecule has 0 aliphatic carbocycles. The average Bonchev–Trinajstić information content (AvgIpc) is 3.27. The summed E-state index contributed by atoms with van der Waals surface area (Å²) in [5.74, 6) is -0.669. The van der Waals surface area contributed by atoms with E-state index in [9.17, 15) is 18.0 Å². The zero-order valence-electron chi connectivity index (χ0n) is 20.0. The van der Waals surface area contributed by atoms with Gasteiger partial charge in [-0.1, -0.05) is 55.0 Å². The van der Waals surface area contributed by atoms with E-state index in [-0.39, 0.29) is 18.2 Å². The van der Waals surface area contributed by atoms with Crippen LogP contribution in [0.15, 0.2) is 77.1 Å². The Bertz CT molecular complexity index is 1420. The standard InChI is InChI=1S/C27H27F3N4O2S/c28-27(29,30)36-21-11-6-8-19(16-21)17-32-25(35)24-18-37-26(34(24)15-5-1-4-14-31)33-23-13-7-10-20-9-2-3-12-22(20)23/h2-3,6-13,16,18H,1,4-5,14-15,17,31H2,(H,32,35). The summed E-state index contributed by atoms with van der Waals surface area (Å²) in [6, 6.07) is 19.4. The van der Waals surface area contributed by atoms with Crippen molar-refractivity contribution in [3.05, 3.63) is 88.2 Å². The number of thiazole rings is 1. The van der Waals surface area contributed by atoms with E-state index in [4.69, 9.17) is 10.7 Å². The highest BCUT2D eigenvalue weighted by Crippen LogP contribution is 2.26. The van der Waals surface area contributed by atoms with Gasteiger partial charge in [-0.3, -0.25) is 4.79 Å². The molecule has 0 spiro atoms. The molecule has 10 heteroatoms. The Hall–Kier alpha value is -3.63. The number of carbonyl (C=O) groups excluding carboxylic acids is 1. The highest BCUT2D eigenvalue weighted by molar-refractivity contribution is 7.07. The van der Waals surface area contributed by atoms with Crippen LogP contribution >= 0.6 is 11.3 Å². The molecule has 0 unspecified atom stereocenters. The monoisotopic (exact) mass is 528 g/mol. The second-order valence-corrected chi connectivity index (χ2v) is 9.23. The second kappa shape index (κ2) is 12.1. The first kappa shape index (κ1) is 26.4. The average molecular weight is 529 g/mol. The highest BCUT2D eigenvalue weighted by Gasteiger charge is 2.31. The molecule has 1 heterocycles. The van der Waals surface area contributed by atoms with Crippen molar-refractivity contribution in [2.24, 2.45) is 10.7 Å². The van der Waals surface area contributed by atoms with Gasteiger partial charge in [0.2, 0.25) is 0 Å². The van der Waals surface area contributed by atoms with Gasteiger partial charge >= 0.3 is 6.36 Å². The zero-order chi connectivity index (χ0) is 26.3. The lowest BCUT2D eigenvalue weighted by molar-refractivity contribution is -0.274. The van der Waals surface area contributed by atoms with Crippen molar-refractivity contribution >= 4 is 33.7 Å². The number of fused-ring (bicyclic) bond motifs is 1. The number of aromatic nitrogens is 1. The molecular weight excluding hydrogens is 501 g/mol. The summed E-state index contributed by atoms with van der Waals surface area (Å²) in [7, 11) is 0. The predicted octanol–water partition coefficient (Wildman–Crippen LogP) is 5.89. The van der Waals surface area contributed by atoms with Gasteiger partial charge in [0.15, 0.2) is 4.80 Å². The molecule has 37 heavy (non-hydrogen) atoms. The van der Waals surface area contributed by atoms with Gasteiger partial charge in [-0.25, -0.2) is 4.99 Å². The number of unbranched alkanes of at least 4 members (excludes halogenated alkanes) is 2. The Kier molecular flexibility index (Phi) is 8.62. The third-order valence-electron chi connectivity index (χ3n) is 5.68. The lowest BCUT2D eigenvalue weighted by Gasteiger charge is -2.12. The topological polar surface area (TPSA) is 81.6 Å². The summed E-state index contributed by atoms with van der Waals surface area (Å²) in [5, 5.41) is 6.65. The Labute approximate surface area is 216 Å². The van der Waals surface area contributed by atoms with Gasteiger partial charge in [-0.15, -0.1) is 24.5 Å². The normalized spacial score (nSPS) is 12.2. The molecule has 0 saturated carbocycles. The maximum atomic E-state index is 13.1. The first-order valence-electron chi connectivity index (χ1n) is 11.9. The number of nitrogens with zero attached hydrogens (tertiary/aromatic N) is 2. The Morgan fingerprint density at radius 2 is 1.81 bits per heavy atom. The van der Waals surface area contributed by atoms with Gasteiger partial charge in [0.05, 0.1) is 5.69 Å². The first-order valence-corrected chi connectivity index (χ1v) is 12.8. The van der Waals surface area contributed by atoms with Crippen molar-refractivity contribution in [2.45, 2.75) is 38.7 Å². The minimum absolute atomic E-state index is 0.0483. The third-order valence-corrected chi connectivity index (χ3v) is 6.55. The molecule has 0 radical (unpaired) electrons. The largest absolute Gasteiger partial charge is 0.573 e. The fraction of sp³-hybridized carbons (Fsp3) is 0.259. The van der Waals surface area contributed by atoms with E-state index in [1.807, 2.05) is 47.0 Å². The maximum Gasteiger partial charge on any atom is 0.573 e. The first-order chi connectivity index (χ1) is 17.8. The molecule has 0 bridgehead atoms. The van der Waals surface area contributed by atoms with Gasteiger partial charge in [0, 0.05) is 23.9 Å². The zero-order valence-corrected chi connectivity index (χ0v) is 20.8. The molecule has 3 aromatic carbocycles. The van der Waals surface area contributed by atoms with Crippen LogP contribution in [-0.2, 0) is 13.1 Å². The summed E-state index contributed by atoms with van der Waals surface area (Å²) in [6.07, 6.45) is -2.15. The van der Waals surface area contributed by atoms with Crippen molar-refractivity contribution in [1.82, 2.24) is 9.88 Å². The van der Waals surface area contributed by atoms with Crippen molar-refractivity contribution in [2.75, 3.05) is 6.54 Å². The lowest BCUT2D eigenvalue weighted by Crippen LogP contribution is -2.28. The number of hydrogen-bond acceptors (Lipinski definition) is 5. The third kappa shape index (κ3) is 7.21. The molecule has 0 aliphatic rings. The quantitative estimate of drug-likeness (QED) is 0.252. The minimum Gasteiger partial charge on any atom is -0.406 e. The van der Waals surface area contributed by atoms with Crippen LogP contribution in [0.25, 0.3) is 10.8 Å². The van der Waals surface area contributed by atoms with Crippen LogP contribution in [-0.4, -0.2) is 23.4 Å². The fourth-order valence-corrected chi connectivity index (χ4v) is 4.86. The van der Waals surface area contributed by atoms with Crippen LogP contribution in [0.3, 0.4) is 0 Å². The number of ether oxygens (including phenoxy) is 1. The number of alkyl halides is 3. The number of nitrogens with one attached hydrogen (secondary N) is 1. The van der Waals surface area contributed by atoms with E-state index in [1.165, 1.54) is 29.5 Å². The summed E-state index contributed by atoms with van der Waals surface area (Å²) < 4.78 is 43.5. The fourth-order valence-electron chi connectivity index (χ4n) is 3.94. The number of halogens is 3. The molecule has 3 N–H and O–H groups in total. The van der Waals surface area contributed by atoms with Crippen LogP contribution in [0.2, 0.25) is 0 Å². The number of hydrogen-bond donors (Lipinski definition) is 2. The van der Waals surface area contributed by atoms with Crippen LogP contribution in [0.1, 0.15) is 35.3 Å². The lowest BCUT2D eigenvalue weighted by atomic mass is 10.1. The van der Waals surface area contributed by atoms with Crippen LogP contribution in [0.4, 0.5) is 18.9 Å². The van der Waals surface area contributed by atoms with Gasteiger partial charge in [0.25, 0.3) is 5.91 Å². The predicted molar refractivity (Wildman–Crippen MR) is 139 cm³/mol. The summed E-state index contributed by atoms with van der Waals surface area (Å²) in [4.78, 5) is 18.7. The molecule has 0 atom stereocenters. The van der Waals surface area contributed by atoms with Crippen molar-refractivity contribution in [1.29, 1.82) is 0 Å². The van der Waals surface area contributed by atoms with E-state index in [0.29, 0.717) is 29.1 Å². The molecule has 1 amide bonds. The van der Waals surface area contributed by atoms with Crippen molar-refractivity contribution < 1.29 is 22.7 Å². The number of rotatable bonds is 10.